The number of alkyl carbamates (subject to hydrolysis) is 1. The number of carbonyl (C=O) groups excluding carboxylic acids is 1. The first-order chi connectivity index (χ1) is 12.2. The second-order valence-corrected chi connectivity index (χ2v) is 13.2. The molecule has 0 unspecified atom stereocenters. The maximum absolute atomic E-state index is 12.0. The van der Waals surface area contributed by atoms with Gasteiger partial charge in [-0.25, -0.2) is 4.79 Å². The van der Waals surface area contributed by atoms with Crippen LogP contribution in [0.5, 0.6) is 0 Å². The van der Waals surface area contributed by atoms with Gasteiger partial charge in [0, 0.05) is 13.2 Å². The highest BCUT2D eigenvalue weighted by Crippen LogP contribution is 2.38. The molecule has 1 fully saturated rings. The zero-order valence-electron chi connectivity index (χ0n) is 16.7. The molecule has 0 radical (unpaired) electrons. The van der Waals surface area contributed by atoms with E-state index in [0.29, 0.717) is 13.2 Å². The number of amides is 1. The molecule has 0 spiro atoms. The lowest BCUT2D eigenvalue weighted by Crippen LogP contribution is -2.51. The zero-order valence-corrected chi connectivity index (χ0v) is 17.7. The Hall–Kier alpha value is -1.37. The van der Waals surface area contributed by atoms with Gasteiger partial charge >= 0.3 is 6.09 Å². The first-order valence-corrected chi connectivity index (χ1v) is 12.3. The summed E-state index contributed by atoms with van der Waals surface area (Å²) in [6.45, 7) is 12.6. The molecular formula is C20H33NO4Si. The van der Waals surface area contributed by atoms with Crippen LogP contribution in [0.4, 0.5) is 4.79 Å². The molecule has 26 heavy (non-hydrogen) atoms. The normalized spacial score (nSPS) is 21.3. The highest BCUT2D eigenvalue weighted by Gasteiger charge is 2.41. The predicted octanol–water partition coefficient (Wildman–Crippen LogP) is 4.48. The van der Waals surface area contributed by atoms with Gasteiger partial charge in [-0.2, -0.15) is 0 Å². The maximum atomic E-state index is 12.0. The first-order valence-electron chi connectivity index (χ1n) is 9.43. The van der Waals surface area contributed by atoms with Gasteiger partial charge in [-0.1, -0.05) is 51.1 Å². The topological polar surface area (TPSA) is 56.8 Å². The van der Waals surface area contributed by atoms with Crippen molar-refractivity contribution in [1.29, 1.82) is 0 Å². The molecule has 2 atom stereocenters. The van der Waals surface area contributed by atoms with Crippen molar-refractivity contribution in [2.45, 2.75) is 70.6 Å². The molecule has 1 heterocycles. The van der Waals surface area contributed by atoms with E-state index in [1.165, 1.54) is 0 Å². The lowest BCUT2D eigenvalue weighted by atomic mass is 10.1. The van der Waals surface area contributed by atoms with Crippen molar-refractivity contribution in [3.8, 4) is 0 Å². The monoisotopic (exact) mass is 379 g/mol. The van der Waals surface area contributed by atoms with Crippen LogP contribution >= 0.6 is 0 Å². The summed E-state index contributed by atoms with van der Waals surface area (Å²) >= 11 is 0. The van der Waals surface area contributed by atoms with Gasteiger partial charge in [0.1, 0.15) is 6.61 Å². The molecule has 1 aliphatic heterocycles. The van der Waals surface area contributed by atoms with Crippen molar-refractivity contribution in [1.82, 2.24) is 5.32 Å². The zero-order chi connectivity index (χ0) is 19.2. The van der Waals surface area contributed by atoms with Gasteiger partial charge in [0.15, 0.2) is 8.32 Å². The summed E-state index contributed by atoms with van der Waals surface area (Å²) in [5.41, 5.74) is 0.968. The fourth-order valence-electron chi connectivity index (χ4n) is 2.65. The summed E-state index contributed by atoms with van der Waals surface area (Å²) in [5, 5.41) is 2.98. The fraction of sp³-hybridized carbons (Fsp3) is 0.650. The summed E-state index contributed by atoms with van der Waals surface area (Å²) in [5.74, 6) is 0. The number of hydrogen-bond acceptors (Lipinski definition) is 4. The Kier molecular flexibility index (Phi) is 7.26. The standard InChI is InChI=1S/C20H33NO4Si/c1-20(2,3)26(4,5)25-17-12-9-13-23-18(17)14-21-19(22)24-15-16-10-7-6-8-11-16/h6-8,10-11,17-18H,9,12-15H2,1-5H3,(H,21,22)/t17-,18+/m0/s1. The van der Waals surface area contributed by atoms with Gasteiger partial charge in [-0.15, -0.1) is 0 Å². The van der Waals surface area contributed by atoms with Crippen LogP contribution in [0.1, 0.15) is 39.2 Å². The third kappa shape index (κ3) is 6.11. The molecule has 0 aromatic heterocycles. The molecule has 0 aliphatic carbocycles. The van der Waals surface area contributed by atoms with Crippen molar-refractivity contribution < 1.29 is 18.7 Å². The fourth-order valence-corrected chi connectivity index (χ4v) is 4.03. The Bertz CT molecular complexity index is 571. The summed E-state index contributed by atoms with van der Waals surface area (Å²) < 4.78 is 17.7. The van der Waals surface area contributed by atoms with Gasteiger partial charge in [0.25, 0.3) is 0 Å². The second-order valence-electron chi connectivity index (χ2n) is 8.41. The average Bonchev–Trinajstić information content (AvgIpc) is 2.59. The van der Waals surface area contributed by atoms with Crippen LogP contribution in [-0.4, -0.2) is 39.8 Å². The molecule has 1 aromatic carbocycles. The SMILES string of the molecule is CC(C)(C)[Si](C)(C)O[C@H]1CCCO[C@@H]1CNC(=O)OCc1ccccc1. The van der Waals surface area contributed by atoms with Crippen LogP contribution in [0.3, 0.4) is 0 Å². The molecule has 1 aromatic rings. The minimum absolute atomic E-state index is 0.0269. The van der Waals surface area contributed by atoms with E-state index >= 15 is 0 Å². The minimum atomic E-state index is -1.87. The molecule has 5 nitrogen and oxygen atoms in total. The molecule has 1 N–H and O–H groups in total. The van der Waals surface area contributed by atoms with Gasteiger partial charge in [0.05, 0.1) is 12.2 Å². The van der Waals surface area contributed by atoms with Gasteiger partial charge in [0.2, 0.25) is 0 Å². The quantitative estimate of drug-likeness (QED) is 0.740. The third-order valence-electron chi connectivity index (χ3n) is 5.29. The second kappa shape index (κ2) is 9.02. The number of nitrogens with one attached hydrogen (secondary N) is 1. The Morgan fingerprint density at radius 1 is 1.27 bits per heavy atom. The van der Waals surface area contributed by atoms with Crippen molar-refractivity contribution in [3.05, 3.63) is 35.9 Å². The molecule has 0 saturated carbocycles. The third-order valence-corrected chi connectivity index (χ3v) is 9.80. The van der Waals surface area contributed by atoms with E-state index in [4.69, 9.17) is 13.9 Å². The van der Waals surface area contributed by atoms with Gasteiger partial charge in [-0.3, -0.25) is 0 Å². The summed E-state index contributed by atoms with van der Waals surface area (Å²) in [4.78, 5) is 12.0. The molecule has 2 rings (SSSR count). The van der Waals surface area contributed by atoms with E-state index < -0.39 is 14.4 Å². The molecule has 1 amide bonds. The van der Waals surface area contributed by atoms with Crippen molar-refractivity contribution in [3.63, 3.8) is 0 Å². The minimum Gasteiger partial charge on any atom is -0.445 e. The van der Waals surface area contributed by atoms with E-state index in [-0.39, 0.29) is 23.9 Å². The van der Waals surface area contributed by atoms with E-state index in [9.17, 15) is 4.79 Å². The van der Waals surface area contributed by atoms with Gasteiger partial charge < -0.3 is 19.2 Å². The summed E-state index contributed by atoms with van der Waals surface area (Å²) in [6.07, 6.45) is 1.45. The number of ether oxygens (including phenoxy) is 2. The number of carbonyl (C=O) groups is 1. The molecule has 146 valence electrons. The van der Waals surface area contributed by atoms with E-state index in [0.717, 1.165) is 18.4 Å². The first kappa shape index (κ1) is 20.9. The van der Waals surface area contributed by atoms with E-state index in [2.05, 4.69) is 39.2 Å². The predicted molar refractivity (Wildman–Crippen MR) is 106 cm³/mol. The number of benzene rings is 1. The van der Waals surface area contributed by atoms with Crippen LogP contribution in [0, 0.1) is 0 Å². The lowest BCUT2D eigenvalue weighted by molar-refractivity contribution is -0.0652. The highest BCUT2D eigenvalue weighted by molar-refractivity contribution is 6.74. The Morgan fingerprint density at radius 3 is 2.62 bits per heavy atom. The van der Waals surface area contributed by atoms with E-state index in [1.807, 2.05) is 30.3 Å². The number of rotatable bonds is 6. The summed E-state index contributed by atoms with van der Waals surface area (Å²) in [6, 6.07) is 9.65. The largest absolute Gasteiger partial charge is 0.445 e. The lowest BCUT2D eigenvalue weighted by Gasteiger charge is -2.42. The van der Waals surface area contributed by atoms with Crippen LogP contribution in [-0.2, 0) is 20.5 Å². The number of hydrogen-bond donors (Lipinski definition) is 1. The Labute approximate surface area is 158 Å². The van der Waals surface area contributed by atoms with Crippen LogP contribution < -0.4 is 5.32 Å². The van der Waals surface area contributed by atoms with Crippen molar-refractivity contribution >= 4 is 14.4 Å². The molecule has 1 saturated heterocycles. The smallest absolute Gasteiger partial charge is 0.407 e. The van der Waals surface area contributed by atoms with Crippen LogP contribution in [0.25, 0.3) is 0 Å². The maximum Gasteiger partial charge on any atom is 0.407 e. The van der Waals surface area contributed by atoms with Gasteiger partial charge in [-0.05, 0) is 36.5 Å². The molecule has 6 heteroatoms. The van der Waals surface area contributed by atoms with Crippen molar-refractivity contribution in [2.24, 2.45) is 0 Å². The Balaban J connectivity index is 1.83. The average molecular weight is 380 g/mol. The molecular weight excluding hydrogens is 346 g/mol. The highest BCUT2D eigenvalue weighted by atomic mass is 28.4. The van der Waals surface area contributed by atoms with E-state index in [1.54, 1.807) is 0 Å². The van der Waals surface area contributed by atoms with Crippen LogP contribution in [0.2, 0.25) is 18.1 Å². The molecule has 1 aliphatic rings. The van der Waals surface area contributed by atoms with Crippen LogP contribution in [0.15, 0.2) is 30.3 Å². The Morgan fingerprint density at radius 2 is 1.96 bits per heavy atom. The molecule has 0 bridgehead atoms. The van der Waals surface area contributed by atoms with Crippen molar-refractivity contribution in [2.75, 3.05) is 13.2 Å². The summed E-state index contributed by atoms with van der Waals surface area (Å²) in [7, 11) is -1.87.